The number of benzene rings is 1. The lowest BCUT2D eigenvalue weighted by atomic mass is 10.2. The summed E-state index contributed by atoms with van der Waals surface area (Å²) in [6.45, 7) is 0.569. The Morgan fingerprint density at radius 1 is 1.22 bits per heavy atom. The fraction of sp³-hybridized carbons (Fsp3) is 0.417. The number of halogens is 1. The molecule has 100 valence electrons. The molecule has 0 spiro atoms. The Morgan fingerprint density at radius 3 is 2.33 bits per heavy atom. The van der Waals surface area contributed by atoms with Gasteiger partial charge in [-0.1, -0.05) is 0 Å². The average Bonchev–Trinajstić information content (AvgIpc) is 2.33. The van der Waals surface area contributed by atoms with E-state index in [-0.39, 0.29) is 10.8 Å². The minimum absolute atomic E-state index is 0.204. The van der Waals surface area contributed by atoms with Crippen LogP contribution in [-0.2, 0) is 9.84 Å². The molecule has 0 heterocycles. The molecule has 0 saturated heterocycles. The highest BCUT2D eigenvalue weighted by Gasteiger charge is 2.09. The number of hydrogen-bond acceptors (Lipinski definition) is 3. The van der Waals surface area contributed by atoms with E-state index in [1.807, 2.05) is 0 Å². The van der Waals surface area contributed by atoms with Gasteiger partial charge in [-0.3, -0.25) is 4.79 Å². The van der Waals surface area contributed by atoms with Crippen molar-refractivity contribution in [2.75, 3.05) is 18.7 Å². The van der Waals surface area contributed by atoms with E-state index in [9.17, 15) is 13.2 Å². The van der Waals surface area contributed by atoms with Gasteiger partial charge < -0.3 is 5.32 Å². The molecule has 1 N–H and O–H groups in total. The number of rotatable bonds is 6. The largest absolute Gasteiger partial charge is 0.352 e. The van der Waals surface area contributed by atoms with E-state index >= 15 is 0 Å². The van der Waals surface area contributed by atoms with Gasteiger partial charge in [0.2, 0.25) is 0 Å². The van der Waals surface area contributed by atoms with Crippen molar-refractivity contribution in [1.29, 1.82) is 0 Å². The summed E-state index contributed by atoms with van der Waals surface area (Å²) in [6, 6.07) is 5.88. The molecule has 18 heavy (non-hydrogen) atoms. The van der Waals surface area contributed by atoms with Gasteiger partial charge in [-0.2, -0.15) is 0 Å². The van der Waals surface area contributed by atoms with Crippen LogP contribution in [0.25, 0.3) is 0 Å². The molecule has 0 aliphatic heterocycles. The molecule has 0 saturated carbocycles. The van der Waals surface area contributed by atoms with E-state index in [2.05, 4.69) is 5.32 Å². The molecule has 0 aliphatic rings. The summed E-state index contributed by atoms with van der Waals surface area (Å²) in [5.74, 6) is 0.378. The van der Waals surface area contributed by atoms with Crippen molar-refractivity contribution in [1.82, 2.24) is 5.32 Å². The van der Waals surface area contributed by atoms with Crippen LogP contribution in [0.2, 0.25) is 0 Å². The van der Waals surface area contributed by atoms with Crippen LogP contribution in [-0.4, -0.2) is 33.0 Å². The van der Waals surface area contributed by atoms with Gasteiger partial charge in [-0.25, -0.2) is 8.42 Å². The Morgan fingerprint density at radius 2 is 1.83 bits per heavy atom. The summed E-state index contributed by atoms with van der Waals surface area (Å²) in [6.07, 6.45) is 2.82. The maximum atomic E-state index is 11.7. The van der Waals surface area contributed by atoms with Gasteiger partial charge in [-0.05, 0) is 37.1 Å². The smallest absolute Gasteiger partial charge is 0.251 e. The summed E-state index contributed by atoms with van der Waals surface area (Å²) in [5.41, 5.74) is 0.452. The third-order valence-corrected chi connectivity index (χ3v) is 3.79. The Hall–Kier alpha value is -1.07. The fourth-order valence-electron chi connectivity index (χ4n) is 1.38. The lowest BCUT2D eigenvalue weighted by Gasteiger charge is -2.05. The van der Waals surface area contributed by atoms with E-state index in [1.54, 1.807) is 0 Å². The number of hydrogen-bond donors (Lipinski definition) is 1. The first-order valence-electron chi connectivity index (χ1n) is 5.59. The van der Waals surface area contributed by atoms with E-state index in [4.69, 9.17) is 11.6 Å². The highest BCUT2D eigenvalue weighted by atomic mass is 35.5. The van der Waals surface area contributed by atoms with Crippen molar-refractivity contribution in [2.24, 2.45) is 0 Å². The normalized spacial score (nSPS) is 11.2. The first-order chi connectivity index (χ1) is 8.45. The van der Waals surface area contributed by atoms with Crippen molar-refractivity contribution in [2.45, 2.75) is 17.7 Å². The van der Waals surface area contributed by atoms with Crippen LogP contribution in [0.4, 0.5) is 0 Å². The van der Waals surface area contributed by atoms with Gasteiger partial charge in [-0.15, -0.1) is 11.6 Å². The van der Waals surface area contributed by atoms with Gasteiger partial charge in [0.15, 0.2) is 9.84 Å². The number of carbonyl (C=O) groups excluding carboxylic acids is 1. The minimum Gasteiger partial charge on any atom is -0.352 e. The molecule has 0 bridgehead atoms. The van der Waals surface area contributed by atoms with Crippen LogP contribution in [0.3, 0.4) is 0 Å². The van der Waals surface area contributed by atoms with Gasteiger partial charge in [0, 0.05) is 24.2 Å². The van der Waals surface area contributed by atoms with Crippen molar-refractivity contribution < 1.29 is 13.2 Å². The predicted octanol–water partition coefficient (Wildman–Crippen LogP) is 1.84. The number of carbonyl (C=O) groups is 1. The quantitative estimate of drug-likeness (QED) is 0.642. The zero-order chi connectivity index (χ0) is 13.6. The topological polar surface area (TPSA) is 63.2 Å². The van der Waals surface area contributed by atoms with Crippen molar-refractivity contribution in [3.63, 3.8) is 0 Å². The Kier molecular flexibility index (Phi) is 5.62. The molecule has 1 rings (SSSR count). The number of nitrogens with one attached hydrogen (secondary N) is 1. The lowest BCUT2D eigenvalue weighted by Crippen LogP contribution is -2.24. The second-order valence-electron chi connectivity index (χ2n) is 3.95. The molecular weight excluding hydrogens is 274 g/mol. The highest BCUT2D eigenvalue weighted by molar-refractivity contribution is 7.90. The Balaban J connectivity index is 2.60. The highest BCUT2D eigenvalue weighted by Crippen LogP contribution is 2.10. The predicted molar refractivity (Wildman–Crippen MR) is 71.8 cm³/mol. The average molecular weight is 290 g/mol. The molecule has 0 aromatic heterocycles. The van der Waals surface area contributed by atoms with Crippen molar-refractivity contribution in [3.05, 3.63) is 29.8 Å². The zero-order valence-corrected chi connectivity index (χ0v) is 11.7. The summed E-state index contributed by atoms with van der Waals surface area (Å²) in [4.78, 5) is 11.9. The monoisotopic (exact) mass is 289 g/mol. The van der Waals surface area contributed by atoms with Crippen LogP contribution < -0.4 is 5.32 Å². The number of alkyl halides is 1. The van der Waals surface area contributed by atoms with Gasteiger partial charge in [0.25, 0.3) is 5.91 Å². The number of amides is 1. The molecule has 1 aromatic carbocycles. The van der Waals surface area contributed by atoms with Crippen LogP contribution >= 0.6 is 11.6 Å². The molecule has 6 heteroatoms. The van der Waals surface area contributed by atoms with E-state index in [0.29, 0.717) is 18.0 Å². The molecule has 0 fully saturated rings. The number of unbranched alkanes of at least 4 members (excludes halogenated alkanes) is 1. The Bertz CT molecular complexity index is 497. The maximum absolute atomic E-state index is 11.7. The molecular formula is C12H16ClNO3S. The van der Waals surface area contributed by atoms with Crippen LogP contribution in [0.5, 0.6) is 0 Å². The minimum atomic E-state index is -3.22. The van der Waals surface area contributed by atoms with Crippen LogP contribution in [0.1, 0.15) is 23.2 Å². The lowest BCUT2D eigenvalue weighted by molar-refractivity contribution is 0.0953. The molecule has 0 aliphatic carbocycles. The molecule has 0 atom stereocenters. The standard InChI is InChI=1S/C12H16ClNO3S/c1-18(16,17)11-6-4-10(5-7-11)12(15)14-9-3-2-8-13/h4-7H,2-3,8-9H2,1H3,(H,14,15). The zero-order valence-electron chi connectivity index (χ0n) is 10.1. The molecule has 0 unspecified atom stereocenters. The summed E-state index contributed by atoms with van der Waals surface area (Å²) in [5, 5.41) is 2.74. The van der Waals surface area contributed by atoms with Gasteiger partial charge in [0.05, 0.1) is 4.90 Å². The third kappa shape index (κ3) is 4.66. The molecule has 1 aromatic rings. The Labute approximate surface area is 112 Å². The summed E-state index contributed by atoms with van der Waals surface area (Å²) in [7, 11) is -3.22. The van der Waals surface area contributed by atoms with E-state index in [0.717, 1.165) is 19.1 Å². The first-order valence-corrected chi connectivity index (χ1v) is 8.02. The van der Waals surface area contributed by atoms with Crippen molar-refractivity contribution >= 4 is 27.3 Å². The first kappa shape index (κ1) is 15.0. The van der Waals surface area contributed by atoms with Crippen LogP contribution in [0.15, 0.2) is 29.2 Å². The SMILES string of the molecule is CS(=O)(=O)c1ccc(C(=O)NCCCCCl)cc1. The third-order valence-electron chi connectivity index (χ3n) is 2.39. The fourth-order valence-corrected chi connectivity index (χ4v) is 2.20. The molecule has 0 radical (unpaired) electrons. The van der Waals surface area contributed by atoms with Crippen LogP contribution in [0, 0.1) is 0 Å². The second kappa shape index (κ2) is 6.75. The molecule has 4 nitrogen and oxygen atoms in total. The number of sulfone groups is 1. The maximum Gasteiger partial charge on any atom is 0.251 e. The molecule has 1 amide bonds. The van der Waals surface area contributed by atoms with Gasteiger partial charge in [0.1, 0.15) is 0 Å². The van der Waals surface area contributed by atoms with Gasteiger partial charge >= 0.3 is 0 Å². The second-order valence-corrected chi connectivity index (χ2v) is 6.34. The van der Waals surface area contributed by atoms with E-state index in [1.165, 1.54) is 24.3 Å². The summed E-state index contributed by atoms with van der Waals surface area (Å²) >= 11 is 5.52. The van der Waals surface area contributed by atoms with Crippen molar-refractivity contribution in [3.8, 4) is 0 Å². The summed E-state index contributed by atoms with van der Waals surface area (Å²) < 4.78 is 22.5. The van der Waals surface area contributed by atoms with E-state index < -0.39 is 9.84 Å².